The summed E-state index contributed by atoms with van der Waals surface area (Å²) in [4.78, 5) is 0. The molecule has 0 radical (unpaired) electrons. The van der Waals surface area contributed by atoms with Crippen LogP contribution in [0.2, 0.25) is 0 Å². The summed E-state index contributed by atoms with van der Waals surface area (Å²) in [7, 11) is 0. The molecular formula is C13H28N2. The van der Waals surface area contributed by atoms with Crippen molar-refractivity contribution in [1.29, 1.82) is 0 Å². The molecule has 15 heavy (non-hydrogen) atoms. The van der Waals surface area contributed by atoms with Crippen LogP contribution in [0.3, 0.4) is 0 Å². The minimum absolute atomic E-state index is 0.533. The lowest BCUT2D eigenvalue weighted by Crippen LogP contribution is -2.40. The van der Waals surface area contributed by atoms with Crippen LogP contribution in [0.15, 0.2) is 0 Å². The van der Waals surface area contributed by atoms with Crippen LogP contribution in [0.25, 0.3) is 0 Å². The van der Waals surface area contributed by atoms with Crippen molar-refractivity contribution >= 4 is 0 Å². The molecule has 1 saturated carbocycles. The maximum Gasteiger partial charge on any atom is 0.0236 e. The molecule has 0 bridgehead atoms. The lowest BCUT2D eigenvalue weighted by atomic mass is 9.90. The Morgan fingerprint density at radius 2 is 1.93 bits per heavy atom. The fourth-order valence-electron chi connectivity index (χ4n) is 2.90. The molecule has 0 aromatic rings. The summed E-state index contributed by atoms with van der Waals surface area (Å²) in [6.07, 6.45) is 11.0. The minimum atomic E-state index is 0.533. The Kier molecular flexibility index (Phi) is 6.26. The first kappa shape index (κ1) is 13.0. The third-order valence-electron chi connectivity index (χ3n) is 4.01. The smallest absolute Gasteiger partial charge is 0.0236 e. The zero-order chi connectivity index (χ0) is 11.1. The molecule has 0 heterocycles. The van der Waals surface area contributed by atoms with E-state index in [0.29, 0.717) is 6.04 Å². The Morgan fingerprint density at radius 1 is 1.27 bits per heavy atom. The quantitative estimate of drug-likeness (QED) is 0.502. The number of nitrogens with two attached hydrogens (primary N) is 1. The summed E-state index contributed by atoms with van der Waals surface area (Å²) in [6, 6.07) is 0.533. The molecule has 0 aliphatic heterocycles. The van der Waals surface area contributed by atoms with E-state index in [2.05, 4.69) is 19.3 Å². The van der Waals surface area contributed by atoms with E-state index in [-0.39, 0.29) is 0 Å². The molecule has 0 aromatic heterocycles. The van der Waals surface area contributed by atoms with Crippen molar-refractivity contribution in [3.8, 4) is 0 Å². The maximum atomic E-state index is 5.64. The summed E-state index contributed by atoms with van der Waals surface area (Å²) < 4.78 is 0. The first-order chi connectivity index (χ1) is 7.27. The lowest BCUT2D eigenvalue weighted by Gasteiger charge is -2.24. The molecule has 2 nitrogen and oxygen atoms in total. The van der Waals surface area contributed by atoms with Gasteiger partial charge in [-0.05, 0) is 31.1 Å². The van der Waals surface area contributed by atoms with E-state index in [1.807, 2.05) is 0 Å². The van der Waals surface area contributed by atoms with E-state index in [9.17, 15) is 0 Å². The van der Waals surface area contributed by atoms with Gasteiger partial charge in [-0.2, -0.15) is 0 Å². The molecule has 1 aliphatic carbocycles. The molecule has 0 saturated heterocycles. The largest absolute Gasteiger partial charge is 0.271 e. The van der Waals surface area contributed by atoms with Crippen LogP contribution in [-0.4, -0.2) is 6.04 Å². The van der Waals surface area contributed by atoms with Crippen molar-refractivity contribution in [3.63, 3.8) is 0 Å². The molecule has 1 aliphatic rings. The molecule has 0 spiro atoms. The molecule has 1 rings (SSSR count). The number of hydrazine groups is 1. The summed E-state index contributed by atoms with van der Waals surface area (Å²) in [5, 5.41) is 0. The van der Waals surface area contributed by atoms with Crippen LogP contribution in [0, 0.1) is 11.8 Å². The van der Waals surface area contributed by atoms with E-state index in [1.54, 1.807) is 0 Å². The Balaban J connectivity index is 2.19. The van der Waals surface area contributed by atoms with Gasteiger partial charge < -0.3 is 0 Å². The van der Waals surface area contributed by atoms with E-state index in [0.717, 1.165) is 11.8 Å². The van der Waals surface area contributed by atoms with E-state index < -0.39 is 0 Å². The first-order valence-corrected chi connectivity index (χ1v) is 6.74. The Hall–Kier alpha value is -0.0800. The second-order valence-electron chi connectivity index (χ2n) is 5.27. The second kappa shape index (κ2) is 7.24. The topological polar surface area (TPSA) is 38.0 Å². The second-order valence-corrected chi connectivity index (χ2v) is 5.27. The van der Waals surface area contributed by atoms with Gasteiger partial charge in [0.25, 0.3) is 0 Å². The Bertz CT molecular complexity index is 153. The molecule has 0 aromatic carbocycles. The predicted octanol–water partition coefficient (Wildman–Crippen LogP) is 3.22. The van der Waals surface area contributed by atoms with Crippen molar-refractivity contribution in [3.05, 3.63) is 0 Å². The van der Waals surface area contributed by atoms with Crippen LogP contribution in [0.4, 0.5) is 0 Å². The fraction of sp³-hybridized carbons (Fsp3) is 1.00. The Morgan fingerprint density at radius 3 is 2.47 bits per heavy atom. The minimum Gasteiger partial charge on any atom is -0.271 e. The highest BCUT2D eigenvalue weighted by molar-refractivity contribution is 4.75. The molecule has 3 N–H and O–H groups in total. The first-order valence-electron chi connectivity index (χ1n) is 6.74. The van der Waals surface area contributed by atoms with Gasteiger partial charge in [-0.15, -0.1) is 0 Å². The van der Waals surface area contributed by atoms with Gasteiger partial charge in [0.15, 0.2) is 0 Å². The molecule has 2 unspecified atom stereocenters. The van der Waals surface area contributed by atoms with Gasteiger partial charge in [0.1, 0.15) is 0 Å². The van der Waals surface area contributed by atoms with Crippen molar-refractivity contribution in [2.24, 2.45) is 17.7 Å². The normalized spacial score (nSPS) is 21.8. The average molecular weight is 212 g/mol. The van der Waals surface area contributed by atoms with Crippen LogP contribution in [-0.2, 0) is 0 Å². The highest BCUT2D eigenvalue weighted by Crippen LogP contribution is 2.29. The summed E-state index contributed by atoms with van der Waals surface area (Å²) in [6.45, 7) is 4.57. The molecular weight excluding hydrogens is 184 g/mol. The highest BCUT2D eigenvalue weighted by Gasteiger charge is 2.19. The van der Waals surface area contributed by atoms with E-state index >= 15 is 0 Å². The number of rotatable bonds is 7. The van der Waals surface area contributed by atoms with Crippen LogP contribution in [0.5, 0.6) is 0 Å². The van der Waals surface area contributed by atoms with Crippen LogP contribution < -0.4 is 11.3 Å². The van der Waals surface area contributed by atoms with Crippen LogP contribution in [0.1, 0.15) is 65.2 Å². The van der Waals surface area contributed by atoms with Gasteiger partial charge in [0.2, 0.25) is 0 Å². The van der Waals surface area contributed by atoms with Gasteiger partial charge in [0, 0.05) is 6.04 Å². The Labute approximate surface area is 95.0 Å². The van der Waals surface area contributed by atoms with E-state index in [1.165, 1.54) is 51.4 Å². The fourth-order valence-corrected chi connectivity index (χ4v) is 2.90. The summed E-state index contributed by atoms with van der Waals surface area (Å²) in [5.74, 6) is 7.36. The third kappa shape index (κ3) is 4.52. The number of hydrogen-bond donors (Lipinski definition) is 2. The van der Waals surface area contributed by atoms with Crippen molar-refractivity contribution in [2.75, 3.05) is 0 Å². The number of nitrogens with one attached hydrogen (secondary N) is 1. The average Bonchev–Trinajstić information content (AvgIpc) is 2.72. The zero-order valence-corrected chi connectivity index (χ0v) is 10.5. The third-order valence-corrected chi connectivity index (χ3v) is 4.01. The highest BCUT2D eigenvalue weighted by atomic mass is 15.2. The van der Waals surface area contributed by atoms with Crippen molar-refractivity contribution in [2.45, 2.75) is 71.3 Å². The van der Waals surface area contributed by atoms with Crippen molar-refractivity contribution < 1.29 is 0 Å². The van der Waals surface area contributed by atoms with E-state index in [4.69, 9.17) is 5.84 Å². The van der Waals surface area contributed by atoms with Gasteiger partial charge in [-0.25, -0.2) is 0 Å². The maximum absolute atomic E-state index is 5.64. The molecule has 0 amide bonds. The monoisotopic (exact) mass is 212 g/mol. The zero-order valence-electron chi connectivity index (χ0n) is 10.5. The van der Waals surface area contributed by atoms with Gasteiger partial charge in [0.05, 0.1) is 0 Å². The molecule has 2 heteroatoms. The standard InChI is InChI=1S/C13H28N2/c1-3-6-11(2)13(15-14)10-9-12-7-4-5-8-12/h11-13,15H,3-10,14H2,1-2H3. The summed E-state index contributed by atoms with van der Waals surface area (Å²) in [5.41, 5.74) is 3.01. The lowest BCUT2D eigenvalue weighted by molar-refractivity contribution is 0.313. The van der Waals surface area contributed by atoms with Crippen LogP contribution >= 0.6 is 0 Å². The molecule has 1 fully saturated rings. The van der Waals surface area contributed by atoms with Crippen molar-refractivity contribution in [1.82, 2.24) is 5.43 Å². The predicted molar refractivity (Wildman–Crippen MR) is 66.4 cm³/mol. The van der Waals surface area contributed by atoms with Gasteiger partial charge in [-0.3, -0.25) is 11.3 Å². The van der Waals surface area contributed by atoms with Gasteiger partial charge in [-0.1, -0.05) is 46.0 Å². The number of hydrogen-bond acceptors (Lipinski definition) is 2. The summed E-state index contributed by atoms with van der Waals surface area (Å²) >= 11 is 0. The van der Waals surface area contributed by atoms with Gasteiger partial charge >= 0.3 is 0 Å². The SMILES string of the molecule is CCCC(C)C(CCC1CCCC1)NN. The molecule has 90 valence electrons. The molecule has 2 atom stereocenters.